The summed E-state index contributed by atoms with van der Waals surface area (Å²) in [5.41, 5.74) is 6.41. The fourth-order valence-corrected chi connectivity index (χ4v) is 4.90. The van der Waals surface area contributed by atoms with Gasteiger partial charge >= 0.3 is 0 Å². The van der Waals surface area contributed by atoms with Gasteiger partial charge in [0, 0.05) is 24.1 Å². The van der Waals surface area contributed by atoms with Crippen molar-refractivity contribution in [1.29, 1.82) is 0 Å². The van der Waals surface area contributed by atoms with Gasteiger partial charge in [-0.1, -0.05) is 19.9 Å². The summed E-state index contributed by atoms with van der Waals surface area (Å²) in [7, 11) is -3.44. The van der Waals surface area contributed by atoms with Crippen LogP contribution < -0.4 is 5.73 Å². The van der Waals surface area contributed by atoms with E-state index in [9.17, 15) is 8.42 Å². The molecule has 2 atom stereocenters. The van der Waals surface area contributed by atoms with Crippen LogP contribution in [0, 0.1) is 11.8 Å². The lowest BCUT2D eigenvalue weighted by atomic mass is 10.0. The molecule has 19 heavy (non-hydrogen) atoms. The first-order valence-corrected chi connectivity index (χ1v) is 8.58. The van der Waals surface area contributed by atoms with E-state index < -0.39 is 10.0 Å². The number of hydrogen-bond donors (Lipinski definition) is 1. The van der Waals surface area contributed by atoms with E-state index in [2.05, 4.69) is 29.8 Å². The third kappa shape index (κ3) is 2.86. The van der Waals surface area contributed by atoms with Gasteiger partial charge in [0.25, 0.3) is 0 Å². The van der Waals surface area contributed by atoms with Gasteiger partial charge in [-0.15, -0.1) is 0 Å². The van der Waals surface area contributed by atoms with Crippen molar-refractivity contribution in [3.05, 3.63) is 28.2 Å². The number of sulfonamides is 1. The Bertz CT molecular complexity index is 564. The number of nitrogens with two attached hydrogens (primary N) is 1. The molecule has 106 valence electrons. The summed E-state index contributed by atoms with van der Waals surface area (Å²) in [4.78, 5) is 0.316. The molecule has 4 nitrogen and oxygen atoms in total. The van der Waals surface area contributed by atoms with Gasteiger partial charge in [0.05, 0.1) is 4.90 Å². The number of hydrogen-bond acceptors (Lipinski definition) is 3. The van der Waals surface area contributed by atoms with E-state index in [-0.39, 0.29) is 0 Å². The fourth-order valence-electron chi connectivity index (χ4n) is 2.28. The van der Waals surface area contributed by atoms with Gasteiger partial charge in [-0.05, 0) is 45.5 Å². The van der Waals surface area contributed by atoms with Crippen molar-refractivity contribution in [3.8, 4) is 0 Å². The Kier molecular flexibility index (Phi) is 4.35. The molecule has 0 bridgehead atoms. The predicted octanol–water partition coefficient (Wildman–Crippen LogP) is 2.18. The van der Waals surface area contributed by atoms with Crippen LogP contribution in [0.3, 0.4) is 0 Å². The van der Waals surface area contributed by atoms with Crippen LogP contribution in [0.2, 0.25) is 0 Å². The summed E-state index contributed by atoms with van der Waals surface area (Å²) >= 11 is 3.33. The first-order valence-electron chi connectivity index (χ1n) is 6.35. The highest BCUT2D eigenvalue weighted by Gasteiger charge is 2.35. The first kappa shape index (κ1) is 15.0. The van der Waals surface area contributed by atoms with Crippen LogP contribution in [-0.2, 0) is 16.6 Å². The van der Waals surface area contributed by atoms with Gasteiger partial charge in [-0.25, -0.2) is 8.42 Å². The summed E-state index contributed by atoms with van der Waals surface area (Å²) in [6.45, 7) is 5.69. The molecule has 1 aliphatic heterocycles. The molecule has 1 aromatic rings. The van der Waals surface area contributed by atoms with Gasteiger partial charge in [-0.2, -0.15) is 4.31 Å². The van der Waals surface area contributed by atoms with Crippen LogP contribution in [-0.4, -0.2) is 25.8 Å². The molecule has 0 aromatic heterocycles. The maximum absolute atomic E-state index is 12.7. The minimum absolute atomic E-state index is 0.316. The molecule has 1 fully saturated rings. The smallest absolute Gasteiger partial charge is 0.244 e. The van der Waals surface area contributed by atoms with Gasteiger partial charge < -0.3 is 5.73 Å². The molecule has 6 heteroatoms. The zero-order chi connectivity index (χ0) is 14.2. The van der Waals surface area contributed by atoms with Gasteiger partial charge in [0.1, 0.15) is 0 Å². The zero-order valence-electron chi connectivity index (χ0n) is 11.1. The minimum atomic E-state index is -3.44. The van der Waals surface area contributed by atoms with E-state index in [1.54, 1.807) is 16.4 Å². The molecule has 2 unspecified atom stereocenters. The van der Waals surface area contributed by atoms with Crippen LogP contribution in [0.1, 0.15) is 19.4 Å². The molecular weight excluding hydrogens is 328 g/mol. The molecule has 1 saturated heterocycles. The third-order valence-electron chi connectivity index (χ3n) is 3.80. The van der Waals surface area contributed by atoms with E-state index in [0.717, 1.165) is 5.56 Å². The van der Waals surface area contributed by atoms with E-state index >= 15 is 0 Å². The SMILES string of the molecule is CC1CN(S(=O)(=O)c2cc(CN)ccc2Br)CC1C. The van der Waals surface area contributed by atoms with Crippen LogP contribution in [0.5, 0.6) is 0 Å². The highest BCUT2D eigenvalue weighted by Crippen LogP contribution is 2.31. The Morgan fingerprint density at radius 3 is 2.42 bits per heavy atom. The van der Waals surface area contributed by atoms with E-state index in [4.69, 9.17) is 5.73 Å². The van der Waals surface area contributed by atoms with Crippen molar-refractivity contribution in [2.45, 2.75) is 25.3 Å². The Labute approximate surface area is 123 Å². The predicted molar refractivity (Wildman–Crippen MR) is 79.1 cm³/mol. The summed E-state index contributed by atoms with van der Waals surface area (Å²) in [5, 5.41) is 0. The average Bonchev–Trinajstić information content (AvgIpc) is 2.71. The normalized spacial score (nSPS) is 24.8. The van der Waals surface area contributed by atoms with Crippen LogP contribution >= 0.6 is 15.9 Å². The zero-order valence-corrected chi connectivity index (χ0v) is 13.5. The van der Waals surface area contributed by atoms with Gasteiger partial charge in [0.2, 0.25) is 10.0 Å². The van der Waals surface area contributed by atoms with Crippen LogP contribution in [0.15, 0.2) is 27.6 Å². The van der Waals surface area contributed by atoms with Crippen molar-refractivity contribution in [2.24, 2.45) is 17.6 Å². The molecular formula is C13H19BrN2O2S. The van der Waals surface area contributed by atoms with E-state index in [1.165, 1.54) is 0 Å². The van der Waals surface area contributed by atoms with Crippen LogP contribution in [0.25, 0.3) is 0 Å². The Morgan fingerprint density at radius 1 is 1.32 bits per heavy atom. The standard InChI is InChI=1S/C13H19BrN2O2S/c1-9-7-16(8-10(9)2)19(17,18)13-5-11(6-15)3-4-12(13)14/h3-5,9-10H,6-8,15H2,1-2H3. The van der Waals surface area contributed by atoms with Crippen molar-refractivity contribution in [2.75, 3.05) is 13.1 Å². The number of rotatable bonds is 3. The fraction of sp³-hybridized carbons (Fsp3) is 0.538. The number of halogens is 1. The Morgan fingerprint density at radius 2 is 1.89 bits per heavy atom. The Hall–Kier alpha value is -0.430. The highest BCUT2D eigenvalue weighted by molar-refractivity contribution is 9.10. The van der Waals surface area contributed by atoms with Crippen molar-refractivity contribution in [3.63, 3.8) is 0 Å². The second kappa shape index (κ2) is 5.52. The largest absolute Gasteiger partial charge is 0.326 e. The second-order valence-electron chi connectivity index (χ2n) is 5.25. The van der Waals surface area contributed by atoms with Crippen molar-refractivity contribution < 1.29 is 8.42 Å². The Balaban J connectivity index is 2.40. The first-order chi connectivity index (χ1) is 8.86. The van der Waals surface area contributed by atoms with Gasteiger partial charge in [-0.3, -0.25) is 0 Å². The molecule has 1 heterocycles. The summed E-state index contributed by atoms with van der Waals surface area (Å²) in [6, 6.07) is 5.24. The maximum Gasteiger partial charge on any atom is 0.244 e. The molecule has 0 aliphatic carbocycles. The summed E-state index contributed by atoms with van der Waals surface area (Å²) < 4.78 is 27.5. The quantitative estimate of drug-likeness (QED) is 0.912. The summed E-state index contributed by atoms with van der Waals surface area (Å²) in [5.74, 6) is 0.789. The van der Waals surface area contributed by atoms with Gasteiger partial charge in [0.15, 0.2) is 0 Å². The van der Waals surface area contributed by atoms with Crippen molar-refractivity contribution >= 4 is 26.0 Å². The van der Waals surface area contributed by atoms with E-state index in [0.29, 0.717) is 40.8 Å². The lowest BCUT2D eigenvalue weighted by Gasteiger charge is -2.17. The van der Waals surface area contributed by atoms with E-state index in [1.807, 2.05) is 6.07 Å². The molecule has 2 N–H and O–H groups in total. The second-order valence-corrected chi connectivity index (χ2v) is 8.01. The molecule has 1 aliphatic rings. The lowest BCUT2D eigenvalue weighted by Crippen LogP contribution is -2.29. The average molecular weight is 347 g/mol. The molecule has 0 radical (unpaired) electrons. The molecule has 0 saturated carbocycles. The number of benzene rings is 1. The molecule has 0 spiro atoms. The molecule has 2 rings (SSSR count). The van der Waals surface area contributed by atoms with Crippen LogP contribution in [0.4, 0.5) is 0 Å². The number of nitrogens with zero attached hydrogens (tertiary/aromatic N) is 1. The monoisotopic (exact) mass is 346 g/mol. The maximum atomic E-state index is 12.7. The van der Waals surface area contributed by atoms with Crippen molar-refractivity contribution in [1.82, 2.24) is 4.31 Å². The molecule has 0 amide bonds. The lowest BCUT2D eigenvalue weighted by molar-refractivity contribution is 0.463. The minimum Gasteiger partial charge on any atom is -0.326 e. The third-order valence-corrected chi connectivity index (χ3v) is 6.63. The summed E-state index contributed by atoms with van der Waals surface area (Å²) in [6.07, 6.45) is 0. The molecule has 1 aromatic carbocycles. The highest BCUT2D eigenvalue weighted by atomic mass is 79.9. The topological polar surface area (TPSA) is 63.4 Å².